The van der Waals surface area contributed by atoms with Crippen molar-refractivity contribution in [2.24, 2.45) is 0 Å². The van der Waals surface area contributed by atoms with Crippen LogP contribution in [0.2, 0.25) is 10.3 Å². The monoisotopic (exact) mass is 287 g/mol. The Labute approximate surface area is 114 Å². The van der Waals surface area contributed by atoms with Crippen LogP contribution in [0, 0.1) is 13.8 Å². The van der Waals surface area contributed by atoms with Crippen molar-refractivity contribution in [1.29, 1.82) is 0 Å². The molecule has 7 heteroatoms. The molecule has 2 heterocycles. The third-order valence-electron chi connectivity index (χ3n) is 2.52. The predicted octanol–water partition coefficient (Wildman–Crippen LogP) is 2.83. The van der Waals surface area contributed by atoms with Crippen LogP contribution in [0.15, 0.2) is 0 Å². The summed E-state index contributed by atoms with van der Waals surface area (Å²) in [6.45, 7) is 5.44. The zero-order valence-electron chi connectivity index (χ0n) is 10.1. The van der Waals surface area contributed by atoms with Gasteiger partial charge < -0.3 is 4.74 Å². The Morgan fingerprint density at radius 3 is 2.67 bits per heavy atom. The molecule has 0 saturated heterocycles. The van der Waals surface area contributed by atoms with Gasteiger partial charge in [-0.1, -0.05) is 23.2 Å². The van der Waals surface area contributed by atoms with Crippen molar-refractivity contribution in [3.05, 3.63) is 27.1 Å². The van der Waals surface area contributed by atoms with Crippen LogP contribution in [-0.4, -0.2) is 27.2 Å². The lowest BCUT2D eigenvalue weighted by molar-refractivity contribution is 0.0527. The van der Waals surface area contributed by atoms with Gasteiger partial charge in [0.15, 0.2) is 5.65 Å². The van der Waals surface area contributed by atoms with E-state index in [-0.39, 0.29) is 11.8 Å². The van der Waals surface area contributed by atoms with Gasteiger partial charge in [0, 0.05) is 5.56 Å². The molecule has 0 aliphatic carbocycles. The number of rotatable bonds is 2. The molecule has 2 aromatic rings. The lowest BCUT2D eigenvalue weighted by Crippen LogP contribution is -2.07. The maximum atomic E-state index is 11.8. The Morgan fingerprint density at radius 1 is 1.39 bits per heavy atom. The van der Waals surface area contributed by atoms with Crippen molar-refractivity contribution < 1.29 is 9.53 Å². The first-order valence-electron chi connectivity index (χ1n) is 5.35. The number of carbonyl (C=O) groups excluding carboxylic acids is 1. The number of halogens is 2. The Hall–Kier alpha value is -1.33. The van der Waals surface area contributed by atoms with Gasteiger partial charge in [-0.3, -0.25) is 0 Å². The summed E-state index contributed by atoms with van der Waals surface area (Å²) in [7, 11) is 0. The average Bonchev–Trinajstić information content (AvgIpc) is 2.63. The summed E-state index contributed by atoms with van der Waals surface area (Å²) in [4.78, 5) is 16.0. The molecule has 0 radical (unpaired) electrons. The molecule has 0 N–H and O–H groups in total. The highest BCUT2D eigenvalue weighted by molar-refractivity contribution is 6.35. The predicted molar refractivity (Wildman–Crippen MR) is 68.4 cm³/mol. The third kappa shape index (κ3) is 1.93. The topological polar surface area (TPSA) is 56.5 Å². The number of esters is 1. The molecule has 2 rings (SSSR count). The minimum atomic E-state index is -0.478. The van der Waals surface area contributed by atoms with Crippen LogP contribution in [0.25, 0.3) is 5.65 Å². The van der Waals surface area contributed by atoms with Gasteiger partial charge in [0.25, 0.3) is 0 Å². The van der Waals surface area contributed by atoms with Crippen molar-refractivity contribution in [3.63, 3.8) is 0 Å². The quantitative estimate of drug-likeness (QED) is 0.630. The molecule has 0 unspecified atom stereocenters. The van der Waals surface area contributed by atoms with Gasteiger partial charge in [-0.15, -0.1) is 0 Å². The molecule has 2 aromatic heterocycles. The van der Waals surface area contributed by atoms with E-state index in [0.29, 0.717) is 27.6 Å². The van der Waals surface area contributed by atoms with E-state index in [0.717, 1.165) is 0 Å². The molecular formula is C11H11Cl2N3O2. The average molecular weight is 288 g/mol. The molecule has 0 amide bonds. The lowest BCUT2D eigenvalue weighted by Gasteiger charge is -2.04. The Morgan fingerprint density at radius 2 is 2.06 bits per heavy atom. The van der Waals surface area contributed by atoms with Gasteiger partial charge >= 0.3 is 5.97 Å². The van der Waals surface area contributed by atoms with E-state index in [4.69, 9.17) is 27.9 Å². The second-order valence-corrected chi connectivity index (χ2v) is 4.45. The van der Waals surface area contributed by atoms with Crippen LogP contribution in [-0.2, 0) is 4.74 Å². The summed E-state index contributed by atoms with van der Waals surface area (Å²) in [5, 5.41) is 4.77. The Bertz CT molecular complexity index is 637. The summed E-state index contributed by atoms with van der Waals surface area (Å²) in [6, 6.07) is 0. The first-order valence-corrected chi connectivity index (χ1v) is 6.11. The fraction of sp³-hybridized carbons (Fsp3) is 0.364. The molecule has 0 aromatic carbocycles. The number of fused-ring (bicyclic) bond motifs is 1. The van der Waals surface area contributed by atoms with E-state index in [9.17, 15) is 4.79 Å². The molecule has 0 aliphatic rings. The van der Waals surface area contributed by atoms with Gasteiger partial charge in [-0.05, 0) is 20.8 Å². The lowest BCUT2D eigenvalue weighted by atomic mass is 10.2. The number of hydrogen-bond donors (Lipinski definition) is 0. The van der Waals surface area contributed by atoms with Crippen LogP contribution in [0.4, 0.5) is 0 Å². The minimum absolute atomic E-state index is 0.248. The van der Waals surface area contributed by atoms with Crippen LogP contribution < -0.4 is 0 Å². The molecular weight excluding hydrogens is 277 g/mol. The van der Waals surface area contributed by atoms with Crippen LogP contribution in [0.5, 0.6) is 0 Å². The largest absolute Gasteiger partial charge is 0.462 e. The Kier molecular flexibility index (Phi) is 3.45. The van der Waals surface area contributed by atoms with Crippen molar-refractivity contribution >= 4 is 34.8 Å². The molecule has 0 fully saturated rings. The fourth-order valence-electron chi connectivity index (χ4n) is 1.62. The highest BCUT2D eigenvalue weighted by Gasteiger charge is 2.22. The van der Waals surface area contributed by atoms with E-state index < -0.39 is 5.97 Å². The van der Waals surface area contributed by atoms with Gasteiger partial charge in [0.05, 0.1) is 12.3 Å². The number of ether oxygens (including phenoxy) is 1. The maximum absolute atomic E-state index is 11.8. The fourth-order valence-corrected chi connectivity index (χ4v) is 2.04. The normalized spacial score (nSPS) is 10.9. The second-order valence-electron chi connectivity index (χ2n) is 3.73. The van der Waals surface area contributed by atoms with Gasteiger partial charge in [-0.2, -0.15) is 5.10 Å². The van der Waals surface area contributed by atoms with Gasteiger partial charge in [-0.25, -0.2) is 14.3 Å². The van der Waals surface area contributed by atoms with Crippen LogP contribution >= 0.6 is 23.2 Å². The number of nitrogens with zero attached hydrogens (tertiary/aromatic N) is 3. The highest BCUT2D eigenvalue weighted by atomic mass is 35.5. The third-order valence-corrected chi connectivity index (χ3v) is 3.34. The standard InChI is InChI=1S/C11H11Cl2N3O2/c1-4-18-11(17)7-6(3)15-16-9(13)5(2)8(12)14-10(7)16/h4H2,1-3H3. The number of aromatic nitrogens is 3. The maximum Gasteiger partial charge on any atom is 0.343 e. The van der Waals surface area contributed by atoms with Crippen LogP contribution in [0.3, 0.4) is 0 Å². The summed E-state index contributed by atoms with van der Waals surface area (Å²) in [5.74, 6) is -0.478. The van der Waals surface area contributed by atoms with Gasteiger partial charge in [0.2, 0.25) is 0 Å². The van der Waals surface area contributed by atoms with E-state index in [2.05, 4.69) is 10.1 Å². The molecule has 0 bridgehead atoms. The molecule has 0 aliphatic heterocycles. The van der Waals surface area contributed by atoms with Crippen molar-refractivity contribution in [2.45, 2.75) is 20.8 Å². The van der Waals surface area contributed by atoms with Crippen molar-refractivity contribution in [3.8, 4) is 0 Å². The minimum Gasteiger partial charge on any atom is -0.462 e. The molecule has 18 heavy (non-hydrogen) atoms. The zero-order chi connectivity index (χ0) is 13.4. The second kappa shape index (κ2) is 4.74. The molecule has 0 saturated carbocycles. The number of carbonyl (C=O) groups is 1. The first-order chi connectivity index (χ1) is 8.47. The van der Waals surface area contributed by atoms with E-state index in [1.54, 1.807) is 20.8 Å². The first kappa shape index (κ1) is 13.1. The van der Waals surface area contributed by atoms with E-state index >= 15 is 0 Å². The van der Waals surface area contributed by atoms with Crippen LogP contribution in [0.1, 0.15) is 28.5 Å². The van der Waals surface area contributed by atoms with Crippen molar-refractivity contribution in [1.82, 2.24) is 14.6 Å². The molecule has 5 nitrogen and oxygen atoms in total. The molecule has 0 atom stereocenters. The highest BCUT2D eigenvalue weighted by Crippen LogP contribution is 2.26. The molecule has 0 spiro atoms. The summed E-state index contributed by atoms with van der Waals surface area (Å²) in [6.07, 6.45) is 0. The molecule has 96 valence electrons. The van der Waals surface area contributed by atoms with E-state index in [1.807, 2.05) is 0 Å². The summed E-state index contributed by atoms with van der Waals surface area (Å²) < 4.78 is 6.36. The summed E-state index contributed by atoms with van der Waals surface area (Å²) >= 11 is 12.1. The SMILES string of the molecule is CCOC(=O)c1c(C)nn2c(Cl)c(C)c(Cl)nc12. The number of aryl methyl sites for hydroxylation is 1. The Balaban J connectivity index is 2.76. The smallest absolute Gasteiger partial charge is 0.343 e. The summed E-state index contributed by atoms with van der Waals surface area (Å²) in [5.41, 5.74) is 1.72. The van der Waals surface area contributed by atoms with Crippen molar-refractivity contribution in [2.75, 3.05) is 6.61 Å². The number of hydrogen-bond acceptors (Lipinski definition) is 4. The zero-order valence-corrected chi connectivity index (χ0v) is 11.6. The van der Waals surface area contributed by atoms with E-state index in [1.165, 1.54) is 4.52 Å². The van der Waals surface area contributed by atoms with Gasteiger partial charge in [0.1, 0.15) is 15.9 Å².